The largest absolute Gasteiger partial charge is 0.389 e. The van der Waals surface area contributed by atoms with Crippen LogP contribution in [0.5, 0.6) is 0 Å². The standard InChI is InChI=1S/C28H33F5N8O2/c29-27(30)9-5-18(6-10-27)24(38-25(43)20-13-34-41(39-20)14-16-1-2-16)21-15-40-12-8-19(35-26(40)36-21)23(17-3-4-17)37-22(42)7-11-28(31,32)33/h8,12-13,15-18,23-24H,1-7,9-11,14H2,(H,37,42)(H,38,43)/t23-,24+/m1/s1. The zero-order valence-electron chi connectivity index (χ0n) is 23.4. The molecule has 3 aromatic rings. The lowest BCUT2D eigenvalue weighted by atomic mass is 9.81. The van der Waals surface area contributed by atoms with Gasteiger partial charge < -0.3 is 10.6 Å². The van der Waals surface area contributed by atoms with Crippen molar-refractivity contribution < 1.29 is 31.5 Å². The van der Waals surface area contributed by atoms with Crippen molar-refractivity contribution >= 4 is 17.6 Å². The molecule has 10 nitrogen and oxygen atoms in total. The first kappa shape index (κ1) is 29.4. The van der Waals surface area contributed by atoms with Gasteiger partial charge in [0.05, 0.1) is 42.6 Å². The van der Waals surface area contributed by atoms with Gasteiger partial charge in [0.2, 0.25) is 17.6 Å². The summed E-state index contributed by atoms with van der Waals surface area (Å²) in [6, 6.07) is 0.433. The molecule has 3 saturated carbocycles. The van der Waals surface area contributed by atoms with Gasteiger partial charge in [0, 0.05) is 31.7 Å². The van der Waals surface area contributed by atoms with Crippen molar-refractivity contribution in [2.75, 3.05) is 0 Å². The summed E-state index contributed by atoms with van der Waals surface area (Å²) in [5.41, 5.74) is 1.04. The van der Waals surface area contributed by atoms with Crippen molar-refractivity contribution in [1.82, 2.24) is 40.0 Å². The summed E-state index contributed by atoms with van der Waals surface area (Å²) in [5, 5.41) is 14.1. The van der Waals surface area contributed by atoms with E-state index < -0.39 is 48.8 Å². The van der Waals surface area contributed by atoms with Crippen LogP contribution < -0.4 is 10.6 Å². The Labute approximate surface area is 243 Å². The fourth-order valence-corrected chi connectivity index (χ4v) is 5.66. The molecule has 0 aliphatic heterocycles. The van der Waals surface area contributed by atoms with Crippen molar-refractivity contribution in [2.45, 2.75) is 94.9 Å². The Morgan fingerprint density at radius 1 is 0.977 bits per heavy atom. The summed E-state index contributed by atoms with van der Waals surface area (Å²) < 4.78 is 67.5. The summed E-state index contributed by atoms with van der Waals surface area (Å²) in [6.07, 6.45) is 2.06. The Balaban J connectivity index is 1.22. The van der Waals surface area contributed by atoms with Crippen molar-refractivity contribution in [3.8, 4) is 0 Å². The molecule has 0 spiro atoms. The Morgan fingerprint density at radius 2 is 1.65 bits per heavy atom. The number of carbonyl (C=O) groups excluding carboxylic acids is 2. The number of rotatable bonds is 11. The minimum atomic E-state index is -4.43. The van der Waals surface area contributed by atoms with E-state index in [0.717, 1.165) is 25.7 Å². The molecule has 3 aliphatic rings. The van der Waals surface area contributed by atoms with Gasteiger partial charge in [-0.2, -0.15) is 23.1 Å². The van der Waals surface area contributed by atoms with E-state index in [1.165, 1.54) is 11.0 Å². The average Bonchev–Trinajstić information content (AvgIpc) is 3.87. The zero-order chi connectivity index (χ0) is 30.4. The van der Waals surface area contributed by atoms with E-state index in [0.29, 0.717) is 23.9 Å². The van der Waals surface area contributed by atoms with Gasteiger partial charge in [-0.3, -0.25) is 14.0 Å². The lowest BCUT2D eigenvalue weighted by Gasteiger charge is -2.33. The highest BCUT2D eigenvalue weighted by Crippen LogP contribution is 2.42. The molecule has 3 aromatic heterocycles. The second kappa shape index (κ2) is 11.5. The van der Waals surface area contributed by atoms with Gasteiger partial charge in [-0.05, 0) is 62.3 Å². The molecular weight excluding hydrogens is 575 g/mol. The Bertz CT molecular complexity index is 1470. The van der Waals surface area contributed by atoms with Crippen molar-refractivity contribution in [3.63, 3.8) is 0 Å². The quantitative estimate of drug-likeness (QED) is 0.298. The van der Waals surface area contributed by atoms with E-state index in [4.69, 9.17) is 0 Å². The predicted molar refractivity (Wildman–Crippen MR) is 142 cm³/mol. The van der Waals surface area contributed by atoms with Crippen molar-refractivity contribution in [2.24, 2.45) is 17.8 Å². The highest BCUT2D eigenvalue weighted by atomic mass is 19.4. The Hall–Kier alpha value is -3.65. The topological polar surface area (TPSA) is 119 Å². The molecule has 3 aliphatic carbocycles. The maximum atomic E-state index is 14.0. The fourth-order valence-electron chi connectivity index (χ4n) is 5.66. The van der Waals surface area contributed by atoms with Crippen LogP contribution in [0.2, 0.25) is 0 Å². The van der Waals surface area contributed by atoms with Crippen LogP contribution >= 0.6 is 0 Å². The number of hydrogen-bond donors (Lipinski definition) is 2. The first-order chi connectivity index (χ1) is 20.4. The highest BCUT2D eigenvalue weighted by molar-refractivity contribution is 5.92. The van der Waals surface area contributed by atoms with Gasteiger partial charge in [-0.15, -0.1) is 5.10 Å². The molecule has 0 bridgehead atoms. The molecule has 3 heterocycles. The molecule has 15 heteroatoms. The molecule has 2 N–H and O–H groups in total. The van der Waals surface area contributed by atoms with Crippen LogP contribution in [-0.4, -0.2) is 53.3 Å². The third-order valence-corrected chi connectivity index (χ3v) is 8.46. The number of fused-ring (bicyclic) bond motifs is 1. The monoisotopic (exact) mass is 608 g/mol. The van der Waals surface area contributed by atoms with Crippen LogP contribution in [0.25, 0.3) is 5.78 Å². The summed E-state index contributed by atoms with van der Waals surface area (Å²) in [7, 11) is 0. The maximum Gasteiger partial charge on any atom is 0.389 e. The number of amides is 2. The predicted octanol–water partition coefficient (Wildman–Crippen LogP) is 4.94. The molecule has 0 radical (unpaired) electrons. The van der Waals surface area contributed by atoms with Crippen molar-refractivity contribution in [1.29, 1.82) is 0 Å². The molecule has 6 rings (SSSR count). The number of alkyl halides is 5. The Morgan fingerprint density at radius 3 is 2.33 bits per heavy atom. The summed E-state index contributed by atoms with van der Waals surface area (Å²) >= 11 is 0. The molecule has 43 heavy (non-hydrogen) atoms. The van der Waals surface area contributed by atoms with Crippen molar-refractivity contribution in [3.05, 3.63) is 41.7 Å². The molecule has 0 unspecified atom stereocenters. The molecule has 3 fully saturated rings. The average molecular weight is 609 g/mol. The Kier molecular flexibility index (Phi) is 7.84. The smallest absolute Gasteiger partial charge is 0.347 e. The normalized spacial score (nSPS) is 20.6. The van der Waals surface area contributed by atoms with E-state index in [1.807, 2.05) is 0 Å². The van der Waals surface area contributed by atoms with Gasteiger partial charge >= 0.3 is 6.18 Å². The molecule has 2 atom stereocenters. The van der Waals surface area contributed by atoms with Gasteiger partial charge in [-0.25, -0.2) is 18.7 Å². The number of halogens is 5. The van der Waals surface area contributed by atoms with Crippen LogP contribution in [0.4, 0.5) is 22.0 Å². The number of imidazole rings is 1. The van der Waals surface area contributed by atoms with Crippen LogP contribution in [0.3, 0.4) is 0 Å². The molecule has 0 aromatic carbocycles. The van der Waals surface area contributed by atoms with Gasteiger partial charge in [0.15, 0.2) is 5.69 Å². The second-order valence-corrected chi connectivity index (χ2v) is 12.1. The van der Waals surface area contributed by atoms with Crippen LogP contribution in [-0.2, 0) is 11.3 Å². The summed E-state index contributed by atoms with van der Waals surface area (Å²) in [5.74, 6) is -3.41. The second-order valence-electron chi connectivity index (χ2n) is 12.1. The van der Waals surface area contributed by atoms with Crippen LogP contribution in [0, 0.1) is 17.8 Å². The van der Waals surface area contributed by atoms with Gasteiger partial charge in [0.25, 0.3) is 5.91 Å². The van der Waals surface area contributed by atoms with E-state index in [1.54, 1.807) is 22.9 Å². The van der Waals surface area contributed by atoms with Crippen LogP contribution in [0.15, 0.2) is 24.7 Å². The molecule has 232 valence electrons. The van der Waals surface area contributed by atoms with E-state index >= 15 is 0 Å². The SMILES string of the molecule is O=C(CCC(F)(F)F)N[C@@H](c1ccn2cc([C@@H](NC(=O)c3cnn(CC4CC4)n3)C3CCC(F)(F)CC3)nc2n1)C1CC1. The number of carbonyl (C=O) groups is 2. The third kappa shape index (κ3) is 7.47. The van der Waals surface area contributed by atoms with Crippen LogP contribution in [0.1, 0.15) is 98.2 Å². The number of nitrogens with zero attached hydrogens (tertiary/aromatic N) is 6. The van der Waals surface area contributed by atoms with Gasteiger partial charge in [-0.1, -0.05) is 0 Å². The number of hydrogen-bond acceptors (Lipinski definition) is 6. The molecule has 0 saturated heterocycles. The minimum absolute atomic E-state index is 0.0588. The summed E-state index contributed by atoms with van der Waals surface area (Å²) in [6.45, 7) is 0.638. The first-order valence-electron chi connectivity index (χ1n) is 14.7. The first-order valence-corrected chi connectivity index (χ1v) is 14.7. The number of aromatic nitrogens is 6. The lowest BCUT2D eigenvalue weighted by Crippen LogP contribution is -2.37. The fraction of sp³-hybridized carbons (Fsp3) is 0.643. The van der Waals surface area contributed by atoms with E-state index in [9.17, 15) is 31.5 Å². The van der Waals surface area contributed by atoms with Gasteiger partial charge in [0.1, 0.15) is 0 Å². The highest BCUT2D eigenvalue weighted by Gasteiger charge is 2.40. The molecular formula is C28H33F5N8O2. The minimum Gasteiger partial charge on any atom is -0.347 e. The number of nitrogens with one attached hydrogen (secondary N) is 2. The lowest BCUT2D eigenvalue weighted by molar-refractivity contribution is -0.144. The van der Waals surface area contributed by atoms with E-state index in [2.05, 4.69) is 30.8 Å². The third-order valence-electron chi connectivity index (χ3n) is 8.46. The molecule has 2 amide bonds. The zero-order valence-corrected chi connectivity index (χ0v) is 23.4. The van der Waals surface area contributed by atoms with E-state index in [-0.39, 0.29) is 49.0 Å². The summed E-state index contributed by atoms with van der Waals surface area (Å²) in [4.78, 5) is 36.3. The maximum absolute atomic E-state index is 14.0.